The van der Waals surface area contributed by atoms with Crippen LogP contribution in [0.15, 0.2) is 35.1 Å². The zero-order chi connectivity index (χ0) is 14.8. The molecule has 0 fully saturated rings. The number of rotatable bonds is 2. The van der Waals surface area contributed by atoms with E-state index in [4.69, 9.17) is 5.73 Å². The molecule has 1 amide bonds. The Balaban J connectivity index is 1.81. The van der Waals surface area contributed by atoms with Crippen molar-refractivity contribution in [2.45, 2.75) is 25.3 Å². The van der Waals surface area contributed by atoms with Crippen LogP contribution >= 0.6 is 0 Å². The third kappa shape index (κ3) is 2.79. The van der Waals surface area contributed by atoms with Crippen molar-refractivity contribution in [3.05, 3.63) is 57.5 Å². The highest BCUT2D eigenvalue weighted by molar-refractivity contribution is 5.92. The number of aromatic amines is 1. The summed E-state index contributed by atoms with van der Waals surface area (Å²) in [5, 5.41) is 8.97. The fourth-order valence-corrected chi connectivity index (χ4v) is 2.69. The van der Waals surface area contributed by atoms with Gasteiger partial charge >= 0.3 is 0 Å². The van der Waals surface area contributed by atoms with Crippen LogP contribution in [0.5, 0.6) is 0 Å². The summed E-state index contributed by atoms with van der Waals surface area (Å²) in [4.78, 5) is 23.1. The molecule has 1 unspecified atom stereocenters. The Morgan fingerprint density at radius 1 is 1.33 bits per heavy atom. The average molecular weight is 284 g/mol. The largest absolute Gasteiger partial charge is 0.399 e. The summed E-state index contributed by atoms with van der Waals surface area (Å²) in [5.74, 6) is -0.291. The molecule has 6 nitrogen and oxygen atoms in total. The number of nitrogen functional groups attached to an aromatic ring is 1. The number of amides is 1. The topological polar surface area (TPSA) is 101 Å². The molecule has 1 aliphatic carbocycles. The molecule has 108 valence electrons. The molecule has 1 aliphatic rings. The minimum atomic E-state index is -0.329. The van der Waals surface area contributed by atoms with Gasteiger partial charge in [0.05, 0.1) is 6.04 Å². The Morgan fingerprint density at radius 2 is 2.19 bits per heavy atom. The molecule has 2 aromatic rings. The molecule has 6 heteroatoms. The van der Waals surface area contributed by atoms with Crippen LogP contribution in [0.4, 0.5) is 5.69 Å². The van der Waals surface area contributed by atoms with Crippen molar-refractivity contribution in [2.75, 3.05) is 5.73 Å². The number of nitrogens with one attached hydrogen (secondary N) is 2. The maximum absolute atomic E-state index is 12.2. The molecule has 1 atom stereocenters. The first-order valence-electron chi connectivity index (χ1n) is 6.88. The van der Waals surface area contributed by atoms with Crippen LogP contribution in [0.25, 0.3) is 0 Å². The maximum atomic E-state index is 12.2. The summed E-state index contributed by atoms with van der Waals surface area (Å²) < 4.78 is 0. The van der Waals surface area contributed by atoms with Gasteiger partial charge in [0, 0.05) is 11.8 Å². The Hall–Kier alpha value is -2.63. The number of carbonyl (C=O) groups is 1. The predicted molar refractivity (Wildman–Crippen MR) is 78.9 cm³/mol. The van der Waals surface area contributed by atoms with Crippen molar-refractivity contribution in [3.8, 4) is 0 Å². The number of hydrogen-bond acceptors (Lipinski definition) is 4. The van der Waals surface area contributed by atoms with Gasteiger partial charge in [-0.25, -0.2) is 5.10 Å². The van der Waals surface area contributed by atoms with Gasteiger partial charge in [-0.15, -0.1) is 0 Å². The molecule has 0 spiro atoms. The summed E-state index contributed by atoms with van der Waals surface area (Å²) in [6, 6.07) is 8.44. The molecule has 21 heavy (non-hydrogen) atoms. The number of benzene rings is 1. The number of anilines is 1. The highest BCUT2D eigenvalue weighted by Crippen LogP contribution is 2.31. The molecule has 3 rings (SSSR count). The molecular weight excluding hydrogens is 268 g/mol. The maximum Gasteiger partial charge on any atom is 0.272 e. The first-order valence-corrected chi connectivity index (χ1v) is 6.88. The lowest BCUT2D eigenvalue weighted by Crippen LogP contribution is -2.32. The quantitative estimate of drug-likeness (QED) is 0.720. The highest BCUT2D eigenvalue weighted by Gasteiger charge is 2.22. The van der Waals surface area contributed by atoms with E-state index in [0.29, 0.717) is 0 Å². The average Bonchev–Trinajstić information content (AvgIpc) is 2.47. The number of carbonyl (C=O) groups excluding carboxylic acids is 1. The number of nitrogens with zero attached hydrogens (tertiary/aromatic N) is 1. The van der Waals surface area contributed by atoms with E-state index in [1.807, 2.05) is 18.2 Å². The molecule has 1 heterocycles. The molecule has 1 aromatic carbocycles. The minimum absolute atomic E-state index is 0.0458. The van der Waals surface area contributed by atoms with Crippen molar-refractivity contribution in [1.82, 2.24) is 15.5 Å². The molecule has 0 saturated heterocycles. The fraction of sp³-hybridized carbons (Fsp3) is 0.267. The van der Waals surface area contributed by atoms with Gasteiger partial charge in [0.1, 0.15) is 5.69 Å². The minimum Gasteiger partial charge on any atom is -0.399 e. The zero-order valence-corrected chi connectivity index (χ0v) is 11.4. The highest BCUT2D eigenvalue weighted by atomic mass is 16.2. The number of nitrogens with two attached hydrogens (primary N) is 1. The fourth-order valence-electron chi connectivity index (χ4n) is 2.69. The third-order valence-corrected chi connectivity index (χ3v) is 3.70. The normalized spacial score (nSPS) is 17.0. The van der Waals surface area contributed by atoms with E-state index in [2.05, 4.69) is 15.5 Å². The van der Waals surface area contributed by atoms with E-state index in [9.17, 15) is 9.59 Å². The van der Waals surface area contributed by atoms with Crippen molar-refractivity contribution < 1.29 is 4.79 Å². The van der Waals surface area contributed by atoms with Gasteiger partial charge in [0.25, 0.3) is 11.5 Å². The summed E-state index contributed by atoms with van der Waals surface area (Å²) in [7, 11) is 0. The lowest BCUT2D eigenvalue weighted by Gasteiger charge is -2.26. The third-order valence-electron chi connectivity index (χ3n) is 3.70. The van der Waals surface area contributed by atoms with E-state index in [1.54, 1.807) is 0 Å². The lowest BCUT2D eigenvalue weighted by atomic mass is 9.87. The smallest absolute Gasteiger partial charge is 0.272 e. The Kier molecular flexibility index (Phi) is 3.43. The van der Waals surface area contributed by atoms with Gasteiger partial charge in [-0.2, -0.15) is 5.10 Å². The number of hydrogen-bond donors (Lipinski definition) is 3. The van der Waals surface area contributed by atoms with Crippen LogP contribution < -0.4 is 16.6 Å². The Morgan fingerprint density at radius 3 is 2.95 bits per heavy atom. The monoisotopic (exact) mass is 284 g/mol. The van der Waals surface area contributed by atoms with Crippen LogP contribution in [0.3, 0.4) is 0 Å². The zero-order valence-electron chi connectivity index (χ0n) is 11.4. The van der Waals surface area contributed by atoms with Gasteiger partial charge < -0.3 is 11.1 Å². The second-order valence-corrected chi connectivity index (χ2v) is 5.18. The summed E-state index contributed by atoms with van der Waals surface area (Å²) in [6.45, 7) is 0. The molecular formula is C15H16N4O2. The summed E-state index contributed by atoms with van der Waals surface area (Å²) in [5.41, 5.74) is 8.70. The summed E-state index contributed by atoms with van der Waals surface area (Å²) in [6.07, 6.45) is 2.86. The van der Waals surface area contributed by atoms with Crippen LogP contribution in [0, 0.1) is 0 Å². The summed E-state index contributed by atoms with van der Waals surface area (Å²) >= 11 is 0. The van der Waals surface area contributed by atoms with Gasteiger partial charge in [0.15, 0.2) is 0 Å². The molecule has 0 saturated carbocycles. The molecule has 0 radical (unpaired) electrons. The molecule has 1 aromatic heterocycles. The van der Waals surface area contributed by atoms with Gasteiger partial charge in [-0.3, -0.25) is 9.59 Å². The van der Waals surface area contributed by atoms with Crippen molar-refractivity contribution in [3.63, 3.8) is 0 Å². The van der Waals surface area contributed by atoms with Gasteiger partial charge in [-0.1, -0.05) is 6.07 Å². The molecule has 0 aliphatic heterocycles. The standard InChI is InChI=1S/C15H16N4O2/c16-10-4-5-11-9(8-10)2-1-3-12(11)17-15(21)13-6-7-14(20)19-18-13/h4-8,12H,1-3,16H2,(H,17,21)(H,19,20). The van der Waals surface area contributed by atoms with Gasteiger partial charge in [0.2, 0.25) is 0 Å². The SMILES string of the molecule is Nc1ccc2c(c1)CCCC2NC(=O)c1ccc(=O)[nH]n1. The van der Waals surface area contributed by atoms with Crippen LogP contribution in [0.1, 0.15) is 40.5 Å². The van der Waals surface area contributed by atoms with Gasteiger partial charge in [-0.05, 0) is 48.6 Å². The first kappa shape index (κ1) is 13.4. The van der Waals surface area contributed by atoms with E-state index in [-0.39, 0.29) is 23.2 Å². The van der Waals surface area contributed by atoms with Crippen molar-refractivity contribution in [1.29, 1.82) is 0 Å². The number of fused-ring (bicyclic) bond motifs is 1. The van der Waals surface area contributed by atoms with Crippen molar-refractivity contribution >= 4 is 11.6 Å². The number of H-pyrrole nitrogens is 1. The Bertz CT molecular complexity index is 718. The van der Waals surface area contributed by atoms with Crippen LogP contribution in [0.2, 0.25) is 0 Å². The van der Waals surface area contributed by atoms with E-state index >= 15 is 0 Å². The molecule has 0 bridgehead atoms. The molecule has 4 N–H and O–H groups in total. The van der Waals surface area contributed by atoms with Crippen LogP contribution in [-0.2, 0) is 6.42 Å². The van der Waals surface area contributed by atoms with E-state index in [0.717, 1.165) is 30.5 Å². The van der Waals surface area contributed by atoms with E-state index < -0.39 is 0 Å². The number of aromatic nitrogens is 2. The number of aryl methyl sites for hydroxylation is 1. The second kappa shape index (κ2) is 5.40. The predicted octanol–water partition coefficient (Wildman–Crippen LogP) is 1.16. The lowest BCUT2D eigenvalue weighted by molar-refractivity contribution is 0.0926. The Labute approximate surface area is 121 Å². The van der Waals surface area contributed by atoms with Crippen molar-refractivity contribution in [2.24, 2.45) is 0 Å². The first-order chi connectivity index (χ1) is 10.1. The van der Waals surface area contributed by atoms with E-state index in [1.165, 1.54) is 17.7 Å². The van der Waals surface area contributed by atoms with Crippen LogP contribution in [-0.4, -0.2) is 16.1 Å². The second-order valence-electron chi connectivity index (χ2n) is 5.18.